The standard InChI is InChI=1S/C37H25NS/c1-3-9-24(10-4-1)34-21-29(22-35(38-34)25-11-5-2-6-12-25)26-17-18-30-27(19-26)15-16-28-20-33-31-13-7-8-14-36(31)39-37(33)23-32(28)30/h1-14,17-23H,15-16H2. The third-order valence-corrected chi connectivity index (χ3v) is 9.09. The summed E-state index contributed by atoms with van der Waals surface area (Å²) in [6.45, 7) is 0. The van der Waals surface area contributed by atoms with Gasteiger partial charge in [0.05, 0.1) is 11.4 Å². The second-order valence-corrected chi connectivity index (χ2v) is 11.4. The van der Waals surface area contributed by atoms with E-state index < -0.39 is 0 Å². The topological polar surface area (TPSA) is 12.9 Å². The predicted octanol–water partition coefficient (Wildman–Crippen LogP) is 10.2. The fourth-order valence-electron chi connectivity index (χ4n) is 6.00. The Labute approximate surface area is 232 Å². The molecule has 0 amide bonds. The summed E-state index contributed by atoms with van der Waals surface area (Å²) in [5.41, 5.74) is 12.4. The third kappa shape index (κ3) is 3.88. The highest BCUT2D eigenvalue weighted by molar-refractivity contribution is 7.25. The first-order valence-electron chi connectivity index (χ1n) is 13.5. The van der Waals surface area contributed by atoms with Crippen LogP contribution in [0.3, 0.4) is 0 Å². The number of aryl methyl sites for hydroxylation is 2. The molecule has 0 aliphatic heterocycles. The van der Waals surface area contributed by atoms with Crippen LogP contribution in [0, 0.1) is 0 Å². The SMILES string of the molecule is c1ccc(-c2cc(-c3ccc4c(c3)CCc3cc5c(cc3-4)sc3ccccc35)cc(-c3ccccc3)n2)cc1. The molecule has 0 radical (unpaired) electrons. The molecule has 8 rings (SSSR count). The van der Waals surface area contributed by atoms with E-state index in [0.29, 0.717) is 0 Å². The fourth-order valence-corrected chi connectivity index (χ4v) is 7.12. The number of hydrogen-bond acceptors (Lipinski definition) is 2. The van der Waals surface area contributed by atoms with Gasteiger partial charge >= 0.3 is 0 Å². The predicted molar refractivity (Wildman–Crippen MR) is 166 cm³/mol. The summed E-state index contributed by atoms with van der Waals surface area (Å²) >= 11 is 1.90. The lowest BCUT2D eigenvalue weighted by Gasteiger charge is -2.21. The van der Waals surface area contributed by atoms with Crippen molar-refractivity contribution < 1.29 is 0 Å². The zero-order valence-electron chi connectivity index (χ0n) is 21.4. The molecule has 0 spiro atoms. The molecule has 39 heavy (non-hydrogen) atoms. The number of nitrogens with zero attached hydrogens (tertiary/aromatic N) is 1. The maximum atomic E-state index is 5.06. The molecule has 0 unspecified atom stereocenters. The van der Waals surface area contributed by atoms with Crippen LogP contribution in [0.25, 0.3) is 64.9 Å². The van der Waals surface area contributed by atoms with Gasteiger partial charge in [-0.2, -0.15) is 0 Å². The molecule has 1 aliphatic carbocycles. The fraction of sp³-hybridized carbons (Fsp3) is 0.0541. The normalized spacial score (nSPS) is 12.4. The van der Waals surface area contributed by atoms with Gasteiger partial charge in [0.25, 0.3) is 0 Å². The Morgan fingerprint density at radius 3 is 1.79 bits per heavy atom. The van der Waals surface area contributed by atoms with Crippen LogP contribution in [0.15, 0.2) is 127 Å². The molecule has 2 heteroatoms. The summed E-state index contributed by atoms with van der Waals surface area (Å²) in [4.78, 5) is 5.06. The Morgan fingerprint density at radius 1 is 0.436 bits per heavy atom. The van der Waals surface area contributed by atoms with Crippen molar-refractivity contribution in [3.63, 3.8) is 0 Å². The van der Waals surface area contributed by atoms with Gasteiger partial charge in [0.15, 0.2) is 0 Å². The van der Waals surface area contributed by atoms with Crippen molar-refractivity contribution in [1.29, 1.82) is 0 Å². The van der Waals surface area contributed by atoms with Crippen molar-refractivity contribution >= 4 is 31.5 Å². The first-order chi connectivity index (χ1) is 19.3. The number of benzene rings is 5. The second kappa shape index (κ2) is 9.04. The summed E-state index contributed by atoms with van der Waals surface area (Å²) in [5, 5.41) is 2.77. The molecule has 0 fully saturated rings. The molecule has 184 valence electrons. The van der Waals surface area contributed by atoms with Crippen molar-refractivity contribution in [3.05, 3.63) is 139 Å². The van der Waals surface area contributed by atoms with Crippen molar-refractivity contribution in [2.45, 2.75) is 12.8 Å². The second-order valence-electron chi connectivity index (χ2n) is 10.3. The van der Waals surface area contributed by atoms with E-state index in [1.807, 2.05) is 11.3 Å². The highest BCUT2D eigenvalue weighted by atomic mass is 32.1. The molecule has 2 heterocycles. The largest absolute Gasteiger partial charge is 0.248 e. The molecule has 1 nitrogen and oxygen atoms in total. The highest BCUT2D eigenvalue weighted by Gasteiger charge is 2.19. The van der Waals surface area contributed by atoms with E-state index in [4.69, 9.17) is 4.98 Å². The zero-order valence-corrected chi connectivity index (χ0v) is 22.2. The van der Waals surface area contributed by atoms with E-state index in [1.54, 1.807) is 0 Å². The van der Waals surface area contributed by atoms with E-state index in [0.717, 1.165) is 35.4 Å². The average Bonchev–Trinajstić information content (AvgIpc) is 3.38. The maximum absolute atomic E-state index is 5.06. The zero-order chi connectivity index (χ0) is 25.8. The number of hydrogen-bond donors (Lipinski definition) is 0. The van der Waals surface area contributed by atoms with E-state index in [-0.39, 0.29) is 0 Å². The molecule has 1 aliphatic rings. The van der Waals surface area contributed by atoms with Gasteiger partial charge in [0, 0.05) is 31.3 Å². The lowest BCUT2D eigenvalue weighted by molar-refractivity contribution is 0.945. The number of thiophene rings is 1. The Bertz CT molecular complexity index is 1940. The quantitative estimate of drug-likeness (QED) is 0.228. The number of rotatable bonds is 3. The van der Waals surface area contributed by atoms with Gasteiger partial charge < -0.3 is 0 Å². The van der Waals surface area contributed by atoms with Gasteiger partial charge in [-0.05, 0) is 76.6 Å². The summed E-state index contributed by atoms with van der Waals surface area (Å²) in [6, 6.07) is 46.2. The van der Waals surface area contributed by atoms with E-state index in [9.17, 15) is 0 Å². The monoisotopic (exact) mass is 515 g/mol. The van der Waals surface area contributed by atoms with Crippen LogP contribution in [0.5, 0.6) is 0 Å². The van der Waals surface area contributed by atoms with Crippen LogP contribution in [0.4, 0.5) is 0 Å². The Kier molecular flexibility index (Phi) is 5.21. The molecule has 5 aromatic carbocycles. The summed E-state index contributed by atoms with van der Waals surface area (Å²) in [7, 11) is 0. The van der Waals surface area contributed by atoms with Crippen LogP contribution in [-0.4, -0.2) is 4.98 Å². The first-order valence-corrected chi connectivity index (χ1v) is 14.3. The molecule has 0 N–H and O–H groups in total. The lowest BCUT2D eigenvalue weighted by atomic mass is 9.83. The van der Waals surface area contributed by atoms with Crippen LogP contribution >= 0.6 is 11.3 Å². The summed E-state index contributed by atoms with van der Waals surface area (Å²) < 4.78 is 2.74. The highest BCUT2D eigenvalue weighted by Crippen LogP contribution is 2.42. The number of pyridine rings is 1. The molecule has 0 saturated heterocycles. The van der Waals surface area contributed by atoms with Crippen molar-refractivity contribution in [2.24, 2.45) is 0 Å². The Morgan fingerprint density at radius 2 is 1.08 bits per heavy atom. The van der Waals surface area contributed by atoms with Crippen molar-refractivity contribution in [1.82, 2.24) is 4.98 Å². The maximum Gasteiger partial charge on any atom is 0.0715 e. The smallest absolute Gasteiger partial charge is 0.0715 e. The molecular weight excluding hydrogens is 490 g/mol. The molecule has 0 bridgehead atoms. The molecule has 0 atom stereocenters. The minimum absolute atomic E-state index is 1.00. The Balaban J connectivity index is 1.26. The van der Waals surface area contributed by atoms with E-state index in [2.05, 4.69) is 127 Å². The lowest BCUT2D eigenvalue weighted by Crippen LogP contribution is -2.04. The van der Waals surface area contributed by atoms with Crippen LogP contribution in [-0.2, 0) is 12.8 Å². The summed E-state index contributed by atoms with van der Waals surface area (Å²) in [5.74, 6) is 0. The molecule has 2 aromatic heterocycles. The van der Waals surface area contributed by atoms with Gasteiger partial charge in [0.1, 0.15) is 0 Å². The van der Waals surface area contributed by atoms with Gasteiger partial charge in [-0.3, -0.25) is 0 Å². The molecule has 7 aromatic rings. The number of aromatic nitrogens is 1. The van der Waals surface area contributed by atoms with E-state index in [1.165, 1.54) is 53.6 Å². The van der Waals surface area contributed by atoms with Crippen molar-refractivity contribution in [3.8, 4) is 44.8 Å². The Hall–Kier alpha value is -4.53. The average molecular weight is 516 g/mol. The third-order valence-electron chi connectivity index (χ3n) is 7.96. The van der Waals surface area contributed by atoms with E-state index >= 15 is 0 Å². The molecule has 0 saturated carbocycles. The van der Waals surface area contributed by atoms with Gasteiger partial charge in [0.2, 0.25) is 0 Å². The van der Waals surface area contributed by atoms with Gasteiger partial charge in [-0.1, -0.05) is 97.1 Å². The van der Waals surface area contributed by atoms with Crippen molar-refractivity contribution in [2.75, 3.05) is 0 Å². The summed E-state index contributed by atoms with van der Waals surface area (Å²) in [6.07, 6.45) is 2.14. The number of fused-ring (bicyclic) bond motifs is 6. The minimum Gasteiger partial charge on any atom is -0.248 e. The van der Waals surface area contributed by atoms with Gasteiger partial charge in [-0.15, -0.1) is 11.3 Å². The van der Waals surface area contributed by atoms with Crippen LogP contribution in [0.1, 0.15) is 11.1 Å². The minimum atomic E-state index is 1.00. The van der Waals surface area contributed by atoms with Gasteiger partial charge in [-0.25, -0.2) is 4.98 Å². The first kappa shape index (κ1) is 22.5. The molecular formula is C37H25NS. The van der Waals surface area contributed by atoms with Crippen LogP contribution < -0.4 is 0 Å². The van der Waals surface area contributed by atoms with Crippen LogP contribution in [0.2, 0.25) is 0 Å².